The highest BCUT2D eigenvalue weighted by Gasteiger charge is 2.27. The van der Waals surface area contributed by atoms with Crippen molar-refractivity contribution in [3.05, 3.63) is 23.8 Å². The monoisotopic (exact) mass is 403 g/mol. The van der Waals surface area contributed by atoms with Crippen LogP contribution >= 0.6 is 0 Å². The predicted octanol–water partition coefficient (Wildman–Crippen LogP) is 1.79. The van der Waals surface area contributed by atoms with E-state index in [1.54, 1.807) is 14.2 Å². The molecule has 2 heterocycles. The molecule has 0 aliphatic carbocycles. The molecule has 0 saturated carbocycles. The molecule has 2 amide bonds. The van der Waals surface area contributed by atoms with Crippen molar-refractivity contribution in [2.75, 3.05) is 53.5 Å². The van der Waals surface area contributed by atoms with Gasteiger partial charge in [0.2, 0.25) is 11.8 Å². The van der Waals surface area contributed by atoms with Crippen LogP contribution in [0.2, 0.25) is 0 Å². The van der Waals surface area contributed by atoms with Gasteiger partial charge >= 0.3 is 0 Å². The lowest BCUT2D eigenvalue weighted by Gasteiger charge is -2.38. The summed E-state index contributed by atoms with van der Waals surface area (Å²) < 4.78 is 10.6. The van der Waals surface area contributed by atoms with E-state index >= 15 is 0 Å². The van der Waals surface area contributed by atoms with E-state index in [9.17, 15) is 9.59 Å². The van der Waals surface area contributed by atoms with Crippen molar-refractivity contribution in [3.8, 4) is 11.5 Å². The summed E-state index contributed by atoms with van der Waals surface area (Å²) in [5.41, 5.74) is 0.907. The molecule has 160 valence electrons. The van der Waals surface area contributed by atoms with Crippen LogP contribution in [0.25, 0.3) is 0 Å². The number of methoxy groups -OCH3 is 2. The highest BCUT2D eigenvalue weighted by atomic mass is 16.5. The second kappa shape index (κ2) is 9.96. The zero-order valence-electron chi connectivity index (χ0n) is 17.9. The van der Waals surface area contributed by atoms with Crippen LogP contribution in [0.5, 0.6) is 11.5 Å². The first-order valence-electron chi connectivity index (χ1n) is 10.5. The van der Waals surface area contributed by atoms with Crippen LogP contribution < -0.4 is 9.47 Å². The van der Waals surface area contributed by atoms with Crippen molar-refractivity contribution in [3.63, 3.8) is 0 Å². The maximum absolute atomic E-state index is 12.7. The lowest BCUT2D eigenvalue weighted by atomic mass is 10.0. The summed E-state index contributed by atoms with van der Waals surface area (Å²) in [5.74, 6) is 1.62. The molecule has 0 aromatic heterocycles. The van der Waals surface area contributed by atoms with Gasteiger partial charge in [0, 0.05) is 38.8 Å². The number of hydrogen-bond acceptors (Lipinski definition) is 5. The van der Waals surface area contributed by atoms with Gasteiger partial charge in [-0.25, -0.2) is 0 Å². The van der Waals surface area contributed by atoms with Crippen LogP contribution in [0.1, 0.15) is 31.7 Å². The number of piperidine rings is 1. The zero-order valence-corrected chi connectivity index (χ0v) is 17.9. The van der Waals surface area contributed by atoms with E-state index in [1.807, 2.05) is 28.0 Å². The van der Waals surface area contributed by atoms with E-state index in [0.717, 1.165) is 38.0 Å². The summed E-state index contributed by atoms with van der Waals surface area (Å²) in [7, 11) is 3.19. The van der Waals surface area contributed by atoms with Crippen molar-refractivity contribution in [2.24, 2.45) is 0 Å². The minimum atomic E-state index is 0.104. The molecule has 1 atom stereocenters. The molecular weight excluding hydrogens is 370 g/mol. The number of nitrogens with zero attached hydrogens (tertiary/aromatic N) is 3. The van der Waals surface area contributed by atoms with E-state index in [4.69, 9.17) is 9.47 Å². The number of hydrogen-bond donors (Lipinski definition) is 0. The van der Waals surface area contributed by atoms with Crippen LogP contribution in [0.4, 0.5) is 0 Å². The maximum atomic E-state index is 12.7. The van der Waals surface area contributed by atoms with Gasteiger partial charge in [-0.15, -0.1) is 0 Å². The average molecular weight is 404 g/mol. The van der Waals surface area contributed by atoms with E-state index < -0.39 is 0 Å². The summed E-state index contributed by atoms with van der Waals surface area (Å²) in [6.07, 6.45) is 3.76. The minimum Gasteiger partial charge on any atom is -0.493 e. The quantitative estimate of drug-likeness (QED) is 0.725. The first-order chi connectivity index (χ1) is 14.0. The predicted molar refractivity (Wildman–Crippen MR) is 111 cm³/mol. The molecule has 2 fully saturated rings. The Labute approximate surface area is 173 Å². The molecule has 29 heavy (non-hydrogen) atoms. The molecule has 7 heteroatoms. The fourth-order valence-electron chi connectivity index (χ4n) is 4.18. The molecule has 2 saturated heterocycles. The van der Waals surface area contributed by atoms with Gasteiger partial charge in [-0.2, -0.15) is 0 Å². The normalized spacial score (nSPS) is 20.4. The Morgan fingerprint density at radius 1 is 0.966 bits per heavy atom. The Bertz CT molecular complexity index is 716. The number of benzene rings is 1. The third kappa shape index (κ3) is 5.41. The van der Waals surface area contributed by atoms with Gasteiger partial charge in [-0.3, -0.25) is 14.5 Å². The number of carbonyl (C=O) groups is 2. The van der Waals surface area contributed by atoms with Crippen LogP contribution in [-0.2, 0) is 16.0 Å². The molecule has 2 aliphatic rings. The number of likely N-dealkylation sites (tertiary alicyclic amines) is 1. The van der Waals surface area contributed by atoms with Crippen molar-refractivity contribution in [1.82, 2.24) is 14.7 Å². The second-order valence-corrected chi connectivity index (χ2v) is 7.95. The molecule has 1 aromatic carbocycles. The van der Waals surface area contributed by atoms with Gasteiger partial charge in [-0.1, -0.05) is 6.07 Å². The number of carbonyl (C=O) groups excluding carboxylic acids is 2. The van der Waals surface area contributed by atoms with Crippen LogP contribution in [0, 0.1) is 0 Å². The van der Waals surface area contributed by atoms with Crippen molar-refractivity contribution < 1.29 is 19.1 Å². The Hall–Kier alpha value is -2.28. The molecule has 2 aliphatic heterocycles. The van der Waals surface area contributed by atoms with Gasteiger partial charge in [0.15, 0.2) is 11.5 Å². The fourth-order valence-corrected chi connectivity index (χ4v) is 4.18. The lowest BCUT2D eigenvalue weighted by molar-refractivity contribution is -0.137. The molecule has 1 aromatic rings. The third-order valence-electron chi connectivity index (χ3n) is 6.01. The van der Waals surface area contributed by atoms with Crippen LogP contribution in [-0.4, -0.2) is 86.0 Å². The molecule has 0 unspecified atom stereocenters. The first kappa shape index (κ1) is 21.4. The molecular formula is C22H33N3O4. The van der Waals surface area contributed by atoms with Crippen molar-refractivity contribution in [2.45, 2.75) is 38.6 Å². The van der Waals surface area contributed by atoms with Crippen LogP contribution in [0.3, 0.4) is 0 Å². The Morgan fingerprint density at radius 2 is 1.69 bits per heavy atom. The van der Waals surface area contributed by atoms with E-state index in [0.29, 0.717) is 43.6 Å². The molecule has 0 radical (unpaired) electrons. The summed E-state index contributed by atoms with van der Waals surface area (Å²) in [6, 6.07) is 5.92. The number of amides is 2. The SMILES string of the molecule is COc1ccc(CC(=O)N2CCN(CC(=O)N3CCCC[C@@H]3C)CC2)cc1OC. The van der Waals surface area contributed by atoms with E-state index in [2.05, 4.69) is 11.8 Å². The second-order valence-electron chi connectivity index (χ2n) is 7.95. The van der Waals surface area contributed by atoms with Gasteiger partial charge in [0.05, 0.1) is 27.2 Å². The maximum Gasteiger partial charge on any atom is 0.236 e. The molecule has 0 N–H and O–H groups in total. The summed E-state index contributed by atoms with van der Waals surface area (Å²) in [6.45, 7) is 6.29. The van der Waals surface area contributed by atoms with E-state index in [1.165, 1.54) is 6.42 Å². The molecule has 0 bridgehead atoms. The van der Waals surface area contributed by atoms with E-state index in [-0.39, 0.29) is 11.8 Å². The first-order valence-corrected chi connectivity index (χ1v) is 10.5. The number of rotatable bonds is 6. The fraction of sp³-hybridized carbons (Fsp3) is 0.636. The summed E-state index contributed by atoms with van der Waals surface area (Å²) >= 11 is 0. The van der Waals surface area contributed by atoms with Gasteiger partial charge in [0.1, 0.15) is 0 Å². The van der Waals surface area contributed by atoms with Gasteiger partial charge in [-0.05, 0) is 43.9 Å². The topological polar surface area (TPSA) is 62.3 Å². The Kier molecular flexibility index (Phi) is 7.36. The standard InChI is InChI=1S/C22H33N3O4/c1-17-6-4-5-9-25(17)22(27)16-23-10-12-24(13-11-23)21(26)15-18-7-8-19(28-2)20(14-18)29-3/h7-8,14,17H,4-6,9-13,15-16H2,1-3H3/t17-/m0/s1. The number of ether oxygens (including phenoxy) is 2. The lowest BCUT2D eigenvalue weighted by Crippen LogP contribution is -2.53. The molecule has 7 nitrogen and oxygen atoms in total. The molecule has 0 spiro atoms. The highest BCUT2D eigenvalue weighted by Crippen LogP contribution is 2.28. The minimum absolute atomic E-state index is 0.104. The summed E-state index contributed by atoms with van der Waals surface area (Å²) in [4.78, 5) is 31.4. The highest BCUT2D eigenvalue weighted by molar-refractivity contribution is 5.80. The Balaban J connectivity index is 1.47. The number of piperazine rings is 1. The van der Waals surface area contributed by atoms with Crippen LogP contribution in [0.15, 0.2) is 18.2 Å². The third-order valence-corrected chi connectivity index (χ3v) is 6.01. The van der Waals surface area contributed by atoms with Gasteiger partial charge < -0.3 is 19.3 Å². The van der Waals surface area contributed by atoms with Crippen molar-refractivity contribution in [1.29, 1.82) is 0 Å². The molecule has 3 rings (SSSR count). The Morgan fingerprint density at radius 3 is 2.34 bits per heavy atom. The zero-order chi connectivity index (χ0) is 20.8. The van der Waals surface area contributed by atoms with Crippen molar-refractivity contribution >= 4 is 11.8 Å². The van der Waals surface area contributed by atoms with Gasteiger partial charge in [0.25, 0.3) is 0 Å². The average Bonchev–Trinajstić information content (AvgIpc) is 2.74. The smallest absolute Gasteiger partial charge is 0.236 e. The summed E-state index contributed by atoms with van der Waals surface area (Å²) in [5, 5.41) is 0. The largest absolute Gasteiger partial charge is 0.493 e.